The molecule has 2 heterocycles. The van der Waals surface area contributed by atoms with E-state index in [9.17, 15) is 0 Å². The number of aryl methyl sites for hydroxylation is 1. The molecule has 0 aromatic carbocycles. The second kappa shape index (κ2) is 6.89. The molecular weight excluding hydrogens is 262 g/mol. The van der Waals surface area contributed by atoms with Crippen LogP contribution in [-0.4, -0.2) is 39.1 Å². The monoisotopic (exact) mass is 289 g/mol. The smallest absolute Gasteiger partial charge is 0.202 e. The summed E-state index contributed by atoms with van der Waals surface area (Å²) < 4.78 is 2.07. The van der Waals surface area contributed by atoms with E-state index < -0.39 is 0 Å². The van der Waals surface area contributed by atoms with E-state index in [1.807, 2.05) is 19.1 Å². The number of hydrogen-bond acceptors (Lipinski definition) is 4. The van der Waals surface area contributed by atoms with Gasteiger partial charge in [0.2, 0.25) is 5.95 Å². The minimum absolute atomic E-state index is 0.319. The van der Waals surface area contributed by atoms with Crippen LogP contribution in [0.2, 0.25) is 0 Å². The molecule has 0 saturated heterocycles. The molecule has 1 unspecified atom stereocenters. The van der Waals surface area contributed by atoms with Crippen molar-refractivity contribution in [1.29, 1.82) is 0 Å². The summed E-state index contributed by atoms with van der Waals surface area (Å²) in [7, 11) is 0. The lowest BCUT2D eigenvalue weighted by Gasteiger charge is -2.20. The molecule has 2 N–H and O–H groups in total. The number of anilines is 1. The van der Waals surface area contributed by atoms with Gasteiger partial charge in [-0.05, 0) is 58.5 Å². The molecule has 2 rings (SSSR count). The fraction of sp³-hybridized carbons (Fsp3) is 0.625. The van der Waals surface area contributed by atoms with Crippen LogP contribution in [0.25, 0.3) is 11.2 Å². The van der Waals surface area contributed by atoms with Gasteiger partial charge in [0.15, 0.2) is 5.65 Å². The zero-order valence-electron chi connectivity index (χ0n) is 13.6. The summed E-state index contributed by atoms with van der Waals surface area (Å²) in [6.07, 6.45) is 2.25. The van der Waals surface area contributed by atoms with Crippen molar-refractivity contribution in [2.45, 2.75) is 46.6 Å². The number of hydrogen-bond donors (Lipinski definition) is 1. The minimum Gasteiger partial charge on any atom is -0.369 e. The Morgan fingerprint density at radius 1 is 1.24 bits per heavy atom. The molecule has 0 radical (unpaired) electrons. The van der Waals surface area contributed by atoms with Crippen LogP contribution in [0.4, 0.5) is 5.95 Å². The predicted octanol–water partition coefficient (Wildman–Crippen LogP) is 3.00. The lowest BCUT2D eigenvalue weighted by atomic mass is 10.1. The third kappa shape index (κ3) is 3.53. The van der Waals surface area contributed by atoms with Gasteiger partial charge in [0.05, 0.1) is 0 Å². The second-order valence-electron chi connectivity index (χ2n) is 5.65. The molecule has 0 fully saturated rings. The van der Waals surface area contributed by atoms with E-state index in [1.54, 1.807) is 0 Å². The van der Waals surface area contributed by atoms with Gasteiger partial charge in [0.1, 0.15) is 5.52 Å². The number of fused-ring (bicyclic) bond motifs is 1. The van der Waals surface area contributed by atoms with Crippen molar-refractivity contribution in [2.75, 3.05) is 25.4 Å². The van der Waals surface area contributed by atoms with E-state index >= 15 is 0 Å². The first-order valence-corrected chi connectivity index (χ1v) is 7.90. The number of pyridine rings is 1. The van der Waals surface area contributed by atoms with Crippen molar-refractivity contribution in [2.24, 2.45) is 0 Å². The number of nitrogen functional groups attached to an aromatic ring is 1. The normalized spacial score (nSPS) is 13.2. The molecule has 5 heteroatoms. The number of rotatable bonds is 7. The standard InChI is InChI=1S/C16H27N5/c1-5-20(6-2)11-7-8-13(4)21-15-14(19-16(21)17)10-9-12(3)18-15/h9-10,13H,5-8,11H2,1-4H3,(H2,17,19). The Bertz CT molecular complexity index is 586. The topological polar surface area (TPSA) is 60.0 Å². The van der Waals surface area contributed by atoms with E-state index in [-0.39, 0.29) is 0 Å². The first-order chi connectivity index (χ1) is 10.1. The lowest BCUT2D eigenvalue weighted by Crippen LogP contribution is -2.24. The van der Waals surface area contributed by atoms with Gasteiger partial charge in [-0.15, -0.1) is 0 Å². The van der Waals surface area contributed by atoms with Crippen molar-refractivity contribution >= 4 is 17.1 Å². The first kappa shape index (κ1) is 15.8. The maximum atomic E-state index is 6.09. The summed E-state index contributed by atoms with van der Waals surface area (Å²) in [5.74, 6) is 0.568. The van der Waals surface area contributed by atoms with Crippen LogP contribution in [0.5, 0.6) is 0 Å². The molecule has 116 valence electrons. The van der Waals surface area contributed by atoms with Gasteiger partial charge in [-0.25, -0.2) is 9.97 Å². The van der Waals surface area contributed by atoms with Crippen LogP contribution in [0, 0.1) is 6.92 Å². The maximum Gasteiger partial charge on any atom is 0.202 e. The van der Waals surface area contributed by atoms with Gasteiger partial charge in [0, 0.05) is 11.7 Å². The molecule has 1 atom stereocenters. The lowest BCUT2D eigenvalue weighted by molar-refractivity contribution is 0.289. The molecule has 0 aliphatic rings. The highest BCUT2D eigenvalue weighted by molar-refractivity contribution is 5.74. The highest BCUT2D eigenvalue weighted by Gasteiger charge is 2.15. The molecule has 5 nitrogen and oxygen atoms in total. The summed E-state index contributed by atoms with van der Waals surface area (Å²) in [4.78, 5) is 11.5. The summed E-state index contributed by atoms with van der Waals surface area (Å²) >= 11 is 0. The molecule has 21 heavy (non-hydrogen) atoms. The van der Waals surface area contributed by atoms with Gasteiger partial charge < -0.3 is 10.6 Å². The number of nitrogens with zero attached hydrogens (tertiary/aromatic N) is 4. The average molecular weight is 289 g/mol. The Morgan fingerprint density at radius 3 is 2.62 bits per heavy atom. The van der Waals surface area contributed by atoms with Crippen LogP contribution in [0.1, 0.15) is 45.3 Å². The van der Waals surface area contributed by atoms with Crippen LogP contribution < -0.4 is 5.73 Å². The summed E-state index contributed by atoms with van der Waals surface area (Å²) in [6.45, 7) is 12.0. The Morgan fingerprint density at radius 2 is 1.95 bits per heavy atom. The third-order valence-corrected chi connectivity index (χ3v) is 4.14. The maximum absolute atomic E-state index is 6.09. The highest BCUT2D eigenvalue weighted by atomic mass is 15.2. The zero-order valence-corrected chi connectivity index (χ0v) is 13.6. The zero-order chi connectivity index (χ0) is 15.4. The third-order valence-electron chi connectivity index (χ3n) is 4.14. The molecule has 0 spiro atoms. The van der Waals surface area contributed by atoms with Crippen LogP contribution >= 0.6 is 0 Å². The number of imidazole rings is 1. The molecule has 0 amide bonds. The molecule has 0 bridgehead atoms. The molecular formula is C16H27N5. The second-order valence-corrected chi connectivity index (χ2v) is 5.65. The van der Waals surface area contributed by atoms with E-state index in [1.165, 1.54) is 0 Å². The fourth-order valence-corrected chi connectivity index (χ4v) is 2.80. The van der Waals surface area contributed by atoms with Crippen molar-refractivity contribution in [3.63, 3.8) is 0 Å². The number of aromatic nitrogens is 3. The largest absolute Gasteiger partial charge is 0.369 e. The molecule has 0 aliphatic carbocycles. The van der Waals surface area contributed by atoms with Crippen LogP contribution in [0.15, 0.2) is 12.1 Å². The summed E-state index contributed by atoms with van der Waals surface area (Å²) in [6, 6.07) is 4.29. The van der Waals surface area contributed by atoms with Crippen molar-refractivity contribution in [3.05, 3.63) is 17.8 Å². The minimum atomic E-state index is 0.319. The quantitative estimate of drug-likeness (QED) is 0.851. The molecule has 2 aromatic heterocycles. The van der Waals surface area contributed by atoms with Gasteiger partial charge in [0.25, 0.3) is 0 Å². The van der Waals surface area contributed by atoms with E-state index in [0.717, 1.165) is 49.3 Å². The first-order valence-electron chi connectivity index (χ1n) is 7.90. The summed E-state index contributed by atoms with van der Waals surface area (Å²) in [5, 5.41) is 0. The highest BCUT2D eigenvalue weighted by Crippen LogP contribution is 2.24. The van der Waals surface area contributed by atoms with Gasteiger partial charge in [-0.3, -0.25) is 4.57 Å². The van der Waals surface area contributed by atoms with Gasteiger partial charge in [-0.1, -0.05) is 13.8 Å². The Labute approximate surface area is 127 Å². The van der Waals surface area contributed by atoms with E-state index in [2.05, 4.69) is 40.2 Å². The fourth-order valence-electron chi connectivity index (χ4n) is 2.80. The van der Waals surface area contributed by atoms with Crippen LogP contribution in [-0.2, 0) is 0 Å². The average Bonchev–Trinajstić information content (AvgIpc) is 2.78. The Balaban J connectivity index is 2.10. The van der Waals surface area contributed by atoms with E-state index in [0.29, 0.717) is 12.0 Å². The van der Waals surface area contributed by atoms with Gasteiger partial charge in [-0.2, -0.15) is 0 Å². The predicted molar refractivity (Wildman–Crippen MR) is 88.4 cm³/mol. The Hall–Kier alpha value is -1.62. The van der Waals surface area contributed by atoms with Crippen LogP contribution in [0.3, 0.4) is 0 Å². The summed E-state index contributed by atoms with van der Waals surface area (Å²) in [5.41, 5.74) is 8.88. The van der Waals surface area contributed by atoms with Gasteiger partial charge >= 0.3 is 0 Å². The SMILES string of the molecule is CCN(CC)CCCC(C)n1c(N)nc2ccc(C)nc21. The molecule has 0 saturated carbocycles. The van der Waals surface area contributed by atoms with E-state index in [4.69, 9.17) is 5.73 Å². The number of nitrogens with two attached hydrogens (primary N) is 1. The molecule has 2 aromatic rings. The van der Waals surface area contributed by atoms with Crippen molar-refractivity contribution < 1.29 is 0 Å². The van der Waals surface area contributed by atoms with Crippen molar-refractivity contribution in [1.82, 2.24) is 19.4 Å². The molecule has 0 aliphatic heterocycles. The Kier molecular flexibility index (Phi) is 5.17. The van der Waals surface area contributed by atoms with Crippen molar-refractivity contribution in [3.8, 4) is 0 Å².